The Hall–Kier alpha value is -1.95. The van der Waals surface area contributed by atoms with Crippen molar-refractivity contribution in [3.05, 3.63) is 29.7 Å². The average molecular weight is 302 g/mol. The molecule has 2 atom stereocenters. The topological polar surface area (TPSA) is 68.5 Å². The fourth-order valence-corrected chi connectivity index (χ4v) is 3.22. The summed E-state index contributed by atoms with van der Waals surface area (Å²) >= 11 is 0. The Morgan fingerprint density at radius 1 is 1.45 bits per heavy atom. The van der Waals surface area contributed by atoms with Crippen molar-refractivity contribution in [1.82, 2.24) is 19.9 Å². The molecule has 1 N–H and O–H groups in total. The van der Waals surface area contributed by atoms with Crippen LogP contribution < -0.4 is 5.32 Å². The van der Waals surface area contributed by atoms with Crippen molar-refractivity contribution >= 4 is 11.6 Å². The monoisotopic (exact) mass is 302 g/mol. The average Bonchev–Trinajstić information content (AvgIpc) is 2.82. The molecule has 22 heavy (non-hydrogen) atoms. The van der Waals surface area contributed by atoms with E-state index in [0.717, 1.165) is 6.42 Å². The summed E-state index contributed by atoms with van der Waals surface area (Å²) in [5, 5.41) is 7.45. The lowest BCUT2D eigenvalue weighted by Crippen LogP contribution is -2.68. The lowest BCUT2D eigenvalue weighted by Gasteiger charge is -2.59. The molecular weight excluding hydrogens is 280 g/mol. The number of carbonyl (C=O) groups excluding carboxylic acids is 1. The number of nitrogens with zero attached hydrogens (tertiary/aromatic N) is 3. The van der Waals surface area contributed by atoms with Gasteiger partial charge >= 0.3 is 0 Å². The highest BCUT2D eigenvalue weighted by atomic mass is 16.5. The van der Waals surface area contributed by atoms with E-state index < -0.39 is 0 Å². The molecule has 0 aromatic carbocycles. The third-order valence-electron chi connectivity index (χ3n) is 5.38. The fourth-order valence-electron chi connectivity index (χ4n) is 3.22. The van der Waals surface area contributed by atoms with Crippen molar-refractivity contribution < 1.29 is 9.53 Å². The Labute approximate surface area is 129 Å². The number of carbonyl (C=O) groups is 1. The van der Waals surface area contributed by atoms with Gasteiger partial charge in [0, 0.05) is 31.0 Å². The van der Waals surface area contributed by atoms with Crippen LogP contribution in [0.15, 0.2) is 18.5 Å². The van der Waals surface area contributed by atoms with Gasteiger partial charge in [0.1, 0.15) is 5.56 Å². The predicted molar refractivity (Wildman–Crippen MR) is 82.8 cm³/mol. The largest absolute Gasteiger partial charge is 0.378 e. The van der Waals surface area contributed by atoms with E-state index in [-0.39, 0.29) is 23.0 Å². The van der Waals surface area contributed by atoms with Crippen LogP contribution in [0.4, 0.5) is 0 Å². The minimum absolute atomic E-state index is 0.0722. The first-order chi connectivity index (χ1) is 10.3. The van der Waals surface area contributed by atoms with Gasteiger partial charge in [0.05, 0.1) is 11.3 Å². The summed E-state index contributed by atoms with van der Waals surface area (Å²) in [6.45, 7) is 8.14. The first kappa shape index (κ1) is 15.0. The Bertz CT molecular complexity index is 737. The predicted octanol–water partition coefficient (Wildman–Crippen LogP) is 1.97. The molecular formula is C16H22N4O2. The van der Waals surface area contributed by atoms with Gasteiger partial charge < -0.3 is 10.1 Å². The van der Waals surface area contributed by atoms with Crippen molar-refractivity contribution in [3.8, 4) is 0 Å². The van der Waals surface area contributed by atoms with Crippen LogP contribution >= 0.6 is 0 Å². The highest BCUT2D eigenvalue weighted by Crippen LogP contribution is 2.51. The lowest BCUT2D eigenvalue weighted by atomic mass is 9.56. The van der Waals surface area contributed by atoms with Gasteiger partial charge in [-0.3, -0.25) is 4.79 Å². The molecule has 1 aliphatic carbocycles. The van der Waals surface area contributed by atoms with Crippen LogP contribution in [0, 0.1) is 12.3 Å². The maximum atomic E-state index is 12.7. The van der Waals surface area contributed by atoms with E-state index >= 15 is 0 Å². The zero-order chi connectivity index (χ0) is 16.1. The number of fused-ring (bicyclic) bond motifs is 1. The van der Waals surface area contributed by atoms with Crippen LogP contribution in [0.25, 0.3) is 5.65 Å². The number of ether oxygens (including phenoxy) is 1. The Morgan fingerprint density at radius 3 is 2.82 bits per heavy atom. The summed E-state index contributed by atoms with van der Waals surface area (Å²) in [6.07, 6.45) is 4.26. The minimum Gasteiger partial charge on any atom is -0.378 e. The number of amides is 1. The number of rotatable bonds is 3. The molecule has 0 radical (unpaired) electrons. The second-order valence-electron chi connectivity index (χ2n) is 6.74. The van der Waals surface area contributed by atoms with Crippen molar-refractivity contribution in [3.63, 3.8) is 0 Å². The molecule has 0 saturated heterocycles. The van der Waals surface area contributed by atoms with Crippen LogP contribution in [-0.2, 0) is 4.74 Å². The molecule has 1 aliphatic rings. The molecule has 2 heterocycles. The van der Waals surface area contributed by atoms with Crippen LogP contribution in [0.5, 0.6) is 0 Å². The van der Waals surface area contributed by atoms with Gasteiger partial charge in [-0.15, -0.1) is 0 Å². The van der Waals surface area contributed by atoms with Gasteiger partial charge in [-0.25, -0.2) is 9.50 Å². The van der Waals surface area contributed by atoms with Crippen LogP contribution in [0.1, 0.15) is 43.2 Å². The molecule has 0 bridgehead atoms. The maximum absolute atomic E-state index is 12.7. The summed E-state index contributed by atoms with van der Waals surface area (Å²) in [5.41, 5.74) is 1.48. The van der Waals surface area contributed by atoms with Gasteiger partial charge in [-0.05, 0) is 26.3 Å². The number of hydrogen-bond acceptors (Lipinski definition) is 4. The summed E-state index contributed by atoms with van der Waals surface area (Å²) in [5.74, 6) is -0.123. The van der Waals surface area contributed by atoms with E-state index in [1.165, 1.54) is 0 Å². The molecule has 3 rings (SSSR count). The number of nitrogens with one attached hydrogen (secondary N) is 1. The van der Waals surface area contributed by atoms with E-state index in [2.05, 4.69) is 36.2 Å². The van der Waals surface area contributed by atoms with Gasteiger partial charge in [-0.2, -0.15) is 5.10 Å². The zero-order valence-electron chi connectivity index (χ0n) is 13.7. The second-order valence-corrected chi connectivity index (χ2v) is 6.74. The molecule has 0 spiro atoms. The van der Waals surface area contributed by atoms with Crippen molar-refractivity contribution in [2.45, 2.75) is 45.8 Å². The van der Waals surface area contributed by atoms with Crippen LogP contribution in [0.2, 0.25) is 0 Å². The molecule has 2 aromatic rings. The standard InChI is InChI=1S/C16H22N4O2/c1-10-12(13-17-7-6-8-20(13)19-10)14(21)18-11-9-16(4,22-5)15(11,2)3/h6-8,11H,9H2,1-5H3,(H,18,21)/t11-,16+/m0/s1. The molecule has 2 aromatic heterocycles. The van der Waals surface area contributed by atoms with Crippen molar-refractivity contribution in [2.75, 3.05) is 7.11 Å². The molecule has 6 nitrogen and oxygen atoms in total. The smallest absolute Gasteiger partial charge is 0.257 e. The van der Waals surface area contributed by atoms with Crippen molar-refractivity contribution in [1.29, 1.82) is 0 Å². The normalized spacial score (nSPS) is 26.7. The molecule has 0 aliphatic heterocycles. The number of aromatic nitrogens is 3. The highest BCUT2D eigenvalue weighted by Gasteiger charge is 2.58. The minimum atomic E-state index is -0.209. The summed E-state index contributed by atoms with van der Waals surface area (Å²) in [4.78, 5) is 17.0. The number of aryl methyl sites for hydroxylation is 1. The quantitative estimate of drug-likeness (QED) is 0.941. The van der Waals surface area contributed by atoms with Gasteiger partial charge in [0.25, 0.3) is 5.91 Å². The third kappa shape index (κ3) is 1.94. The fraction of sp³-hybridized carbons (Fsp3) is 0.562. The second kappa shape index (κ2) is 4.78. The van der Waals surface area contributed by atoms with E-state index in [1.807, 2.05) is 6.92 Å². The van der Waals surface area contributed by atoms with Crippen molar-refractivity contribution in [2.24, 2.45) is 5.41 Å². The molecule has 1 amide bonds. The van der Waals surface area contributed by atoms with Gasteiger partial charge in [-0.1, -0.05) is 13.8 Å². The lowest BCUT2D eigenvalue weighted by molar-refractivity contribution is -0.177. The number of methoxy groups -OCH3 is 1. The van der Waals surface area contributed by atoms with E-state index in [4.69, 9.17) is 4.74 Å². The molecule has 1 saturated carbocycles. The Balaban J connectivity index is 1.85. The Morgan fingerprint density at radius 2 is 2.18 bits per heavy atom. The molecule has 1 fully saturated rings. The first-order valence-corrected chi connectivity index (χ1v) is 7.46. The zero-order valence-corrected chi connectivity index (χ0v) is 13.7. The highest BCUT2D eigenvalue weighted by molar-refractivity contribution is 6.01. The first-order valence-electron chi connectivity index (χ1n) is 7.46. The van der Waals surface area contributed by atoms with Gasteiger partial charge in [0.15, 0.2) is 5.65 Å². The van der Waals surface area contributed by atoms with E-state index in [0.29, 0.717) is 16.9 Å². The number of hydrogen-bond donors (Lipinski definition) is 1. The molecule has 6 heteroatoms. The Kier molecular flexibility index (Phi) is 3.25. The van der Waals surface area contributed by atoms with E-state index in [1.54, 1.807) is 30.1 Å². The van der Waals surface area contributed by atoms with Gasteiger partial charge in [0.2, 0.25) is 0 Å². The SMILES string of the molecule is CO[C@]1(C)C[C@H](NC(=O)c2c(C)nn3cccnc23)C1(C)C. The van der Waals surface area contributed by atoms with E-state index in [9.17, 15) is 4.79 Å². The third-order valence-corrected chi connectivity index (χ3v) is 5.38. The molecule has 0 unspecified atom stereocenters. The molecule has 118 valence electrons. The summed E-state index contributed by atoms with van der Waals surface area (Å²) in [7, 11) is 1.72. The van der Waals surface area contributed by atoms with Crippen LogP contribution in [0.3, 0.4) is 0 Å². The summed E-state index contributed by atoms with van der Waals surface area (Å²) < 4.78 is 7.24. The maximum Gasteiger partial charge on any atom is 0.257 e. The summed E-state index contributed by atoms with van der Waals surface area (Å²) in [6, 6.07) is 1.86. The van der Waals surface area contributed by atoms with Crippen LogP contribution in [-0.4, -0.2) is 39.3 Å².